The fourth-order valence-corrected chi connectivity index (χ4v) is 4.29. The van der Waals surface area contributed by atoms with Crippen molar-refractivity contribution in [3.8, 4) is 0 Å². The van der Waals surface area contributed by atoms with Crippen LogP contribution in [0.5, 0.6) is 0 Å². The summed E-state index contributed by atoms with van der Waals surface area (Å²) in [5, 5.41) is 13.8. The van der Waals surface area contributed by atoms with Gasteiger partial charge in [-0.25, -0.2) is 4.68 Å². The van der Waals surface area contributed by atoms with Crippen molar-refractivity contribution in [1.29, 1.82) is 0 Å². The third-order valence-electron chi connectivity index (χ3n) is 4.16. The van der Waals surface area contributed by atoms with Crippen LogP contribution in [0.25, 0.3) is 10.2 Å². The molecule has 8 heteroatoms. The average Bonchev–Trinajstić information content (AvgIpc) is 3.27. The maximum absolute atomic E-state index is 12.5. The lowest BCUT2D eigenvalue weighted by molar-refractivity contribution is 0.0687. The molecule has 4 heterocycles. The summed E-state index contributed by atoms with van der Waals surface area (Å²) in [6.07, 6.45) is 1.45. The summed E-state index contributed by atoms with van der Waals surface area (Å²) in [5.74, 6) is 0.0665. The lowest BCUT2D eigenvalue weighted by Crippen LogP contribution is -2.41. The molecule has 1 aliphatic heterocycles. The molecule has 23 heavy (non-hydrogen) atoms. The van der Waals surface area contributed by atoms with Crippen molar-refractivity contribution in [2.24, 2.45) is 0 Å². The SMILES string of the molecule is O=C(c1ccsc1)N1CCC(n2nnc3ccsc3c2=O)CC1. The Hall–Kier alpha value is -2.06. The van der Waals surface area contributed by atoms with E-state index in [9.17, 15) is 9.59 Å². The van der Waals surface area contributed by atoms with Crippen LogP contribution in [0.3, 0.4) is 0 Å². The van der Waals surface area contributed by atoms with Crippen LogP contribution in [-0.2, 0) is 0 Å². The van der Waals surface area contributed by atoms with E-state index in [-0.39, 0.29) is 17.5 Å². The molecule has 0 N–H and O–H groups in total. The summed E-state index contributed by atoms with van der Waals surface area (Å²) in [6.45, 7) is 1.27. The first-order chi connectivity index (χ1) is 11.2. The number of rotatable bonds is 2. The standard InChI is InChI=1S/C15H14N4O2S2/c20-14(10-3-7-22-9-10)18-5-1-11(2-6-18)19-15(21)13-12(16-17-19)4-8-23-13/h3-4,7-9,11H,1-2,5-6H2. The summed E-state index contributed by atoms with van der Waals surface area (Å²) in [6, 6.07) is 3.66. The third-order valence-corrected chi connectivity index (χ3v) is 5.74. The first kappa shape index (κ1) is 14.5. The molecule has 1 aliphatic rings. The van der Waals surface area contributed by atoms with Crippen LogP contribution < -0.4 is 5.56 Å². The van der Waals surface area contributed by atoms with Gasteiger partial charge in [0.1, 0.15) is 10.2 Å². The number of piperidine rings is 1. The third kappa shape index (κ3) is 2.57. The molecule has 1 saturated heterocycles. The van der Waals surface area contributed by atoms with E-state index in [1.54, 1.807) is 6.07 Å². The first-order valence-electron chi connectivity index (χ1n) is 7.38. The number of amides is 1. The molecule has 0 aliphatic carbocycles. The van der Waals surface area contributed by atoms with Crippen LogP contribution in [-0.4, -0.2) is 38.9 Å². The van der Waals surface area contributed by atoms with E-state index in [1.807, 2.05) is 27.1 Å². The van der Waals surface area contributed by atoms with Crippen LogP contribution in [0.1, 0.15) is 29.2 Å². The van der Waals surface area contributed by atoms with Crippen LogP contribution >= 0.6 is 22.7 Å². The Labute approximate surface area is 140 Å². The largest absolute Gasteiger partial charge is 0.338 e. The van der Waals surface area contributed by atoms with Crippen molar-refractivity contribution >= 4 is 38.8 Å². The number of fused-ring (bicyclic) bond motifs is 1. The molecule has 118 valence electrons. The Morgan fingerprint density at radius 2 is 2.04 bits per heavy atom. The van der Waals surface area contributed by atoms with E-state index < -0.39 is 0 Å². The van der Waals surface area contributed by atoms with E-state index >= 15 is 0 Å². The maximum Gasteiger partial charge on any atom is 0.287 e. The van der Waals surface area contributed by atoms with Crippen LogP contribution in [0.2, 0.25) is 0 Å². The van der Waals surface area contributed by atoms with Crippen molar-refractivity contribution in [2.45, 2.75) is 18.9 Å². The Kier molecular flexibility index (Phi) is 3.70. The van der Waals surface area contributed by atoms with Crippen molar-refractivity contribution < 1.29 is 4.79 Å². The number of nitrogens with zero attached hydrogens (tertiary/aromatic N) is 4. The Morgan fingerprint density at radius 3 is 2.78 bits per heavy atom. The van der Waals surface area contributed by atoms with Crippen LogP contribution in [0.4, 0.5) is 0 Å². The summed E-state index contributed by atoms with van der Waals surface area (Å²) in [7, 11) is 0. The van der Waals surface area contributed by atoms with E-state index in [1.165, 1.54) is 27.4 Å². The van der Waals surface area contributed by atoms with Crippen molar-refractivity contribution in [1.82, 2.24) is 19.9 Å². The minimum Gasteiger partial charge on any atom is -0.338 e. The number of likely N-dealkylation sites (tertiary alicyclic amines) is 1. The molecule has 0 spiro atoms. The van der Waals surface area contributed by atoms with Gasteiger partial charge in [0.05, 0.1) is 11.6 Å². The molecule has 4 rings (SSSR count). The van der Waals surface area contributed by atoms with E-state index in [0.29, 0.717) is 23.3 Å². The predicted molar refractivity (Wildman–Crippen MR) is 90.2 cm³/mol. The molecule has 0 radical (unpaired) electrons. The fourth-order valence-electron chi connectivity index (χ4n) is 2.90. The highest BCUT2D eigenvalue weighted by atomic mass is 32.1. The molecular weight excluding hydrogens is 332 g/mol. The normalized spacial score (nSPS) is 16.1. The summed E-state index contributed by atoms with van der Waals surface area (Å²) in [5.41, 5.74) is 1.32. The average molecular weight is 346 g/mol. The monoisotopic (exact) mass is 346 g/mol. The fraction of sp³-hybridized carbons (Fsp3) is 0.333. The molecule has 3 aromatic heterocycles. The van der Waals surface area contributed by atoms with Gasteiger partial charge < -0.3 is 4.90 Å². The topological polar surface area (TPSA) is 68.1 Å². The van der Waals surface area contributed by atoms with Crippen molar-refractivity contribution in [2.75, 3.05) is 13.1 Å². The molecule has 0 aromatic carbocycles. The molecule has 0 unspecified atom stereocenters. The van der Waals surface area contributed by atoms with Gasteiger partial charge in [-0.15, -0.1) is 16.4 Å². The predicted octanol–water partition coefficient (Wildman–Crippen LogP) is 2.39. The zero-order chi connectivity index (χ0) is 15.8. The molecule has 0 bridgehead atoms. The van der Waals surface area contributed by atoms with Gasteiger partial charge in [0.2, 0.25) is 0 Å². The molecular formula is C15H14N4O2S2. The molecule has 1 amide bonds. The Balaban J connectivity index is 1.51. The first-order valence-corrected chi connectivity index (χ1v) is 9.20. The molecule has 0 saturated carbocycles. The molecule has 3 aromatic rings. The van der Waals surface area contributed by atoms with Gasteiger partial charge >= 0.3 is 0 Å². The quantitative estimate of drug-likeness (QED) is 0.714. The smallest absolute Gasteiger partial charge is 0.287 e. The second kappa shape index (κ2) is 5.86. The highest BCUT2D eigenvalue weighted by molar-refractivity contribution is 7.17. The lowest BCUT2D eigenvalue weighted by atomic mass is 10.0. The van der Waals surface area contributed by atoms with Crippen molar-refractivity contribution in [3.05, 3.63) is 44.2 Å². The minimum absolute atomic E-state index is 0.00743. The second-order valence-corrected chi connectivity index (χ2v) is 7.21. The van der Waals surface area contributed by atoms with Crippen molar-refractivity contribution in [3.63, 3.8) is 0 Å². The van der Waals surface area contributed by atoms with Gasteiger partial charge in [0.15, 0.2) is 0 Å². The van der Waals surface area contributed by atoms with Gasteiger partial charge in [0, 0.05) is 18.5 Å². The molecule has 6 nitrogen and oxygen atoms in total. The number of carbonyl (C=O) groups is 1. The number of carbonyl (C=O) groups excluding carboxylic acids is 1. The number of hydrogen-bond acceptors (Lipinski definition) is 6. The zero-order valence-electron chi connectivity index (χ0n) is 12.2. The second-order valence-electron chi connectivity index (χ2n) is 5.51. The Morgan fingerprint density at radius 1 is 1.22 bits per heavy atom. The van der Waals surface area contributed by atoms with Gasteiger partial charge in [-0.05, 0) is 35.7 Å². The highest BCUT2D eigenvalue weighted by Crippen LogP contribution is 2.23. The van der Waals surface area contributed by atoms with Gasteiger partial charge in [-0.3, -0.25) is 9.59 Å². The van der Waals surface area contributed by atoms with Gasteiger partial charge in [-0.2, -0.15) is 11.3 Å². The molecule has 1 fully saturated rings. The number of aromatic nitrogens is 3. The van der Waals surface area contributed by atoms with E-state index in [0.717, 1.165) is 18.4 Å². The van der Waals surface area contributed by atoms with Gasteiger partial charge in [0.25, 0.3) is 11.5 Å². The minimum atomic E-state index is -0.0763. The summed E-state index contributed by atoms with van der Waals surface area (Å²) >= 11 is 2.92. The van der Waals surface area contributed by atoms with Gasteiger partial charge in [-0.1, -0.05) is 5.21 Å². The molecule has 0 atom stereocenters. The Bertz CT molecular complexity index is 892. The highest BCUT2D eigenvalue weighted by Gasteiger charge is 2.26. The zero-order valence-corrected chi connectivity index (χ0v) is 13.8. The van der Waals surface area contributed by atoms with Crippen LogP contribution in [0.15, 0.2) is 33.1 Å². The lowest BCUT2D eigenvalue weighted by Gasteiger charge is -2.31. The van der Waals surface area contributed by atoms with E-state index in [2.05, 4.69) is 10.3 Å². The number of hydrogen-bond donors (Lipinski definition) is 0. The van der Waals surface area contributed by atoms with E-state index in [4.69, 9.17) is 0 Å². The number of thiophene rings is 2. The summed E-state index contributed by atoms with van der Waals surface area (Å²) < 4.78 is 2.14. The summed E-state index contributed by atoms with van der Waals surface area (Å²) in [4.78, 5) is 26.7. The van der Waals surface area contributed by atoms with Crippen LogP contribution in [0, 0.1) is 0 Å². The maximum atomic E-state index is 12.5.